The van der Waals surface area contributed by atoms with E-state index >= 15 is 0 Å². The Morgan fingerprint density at radius 1 is 1.32 bits per heavy atom. The van der Waals surface area contributed by atoms with E-state index in [-0.39, 0.29) is 28.4 Å². The maximum atomic E-state index is 13.0. The van der Waals surface area contributed by atoms with E-state index in [1.165, 1.54) is 0 Å². The smallest absolute Gasteiger partial charge is 0.192 e. The van der Waals surface area contributed by atoms with Gasteiger partial charge in [0.2, 0.25) is 0 Å². The lowest BCUT2D eigenvalue weighted by molar-refractivity contribution is -0.128. The molecule has 0 aromatic heterocycles. The van der Waals surface area contributed by atoms with Gasteiger partial charge in [0.25, 0.3) is 0 Å². The summed E-state index contributed by atoms with van der Waals surface area (Å²) in [6.07, 6.45) is 5.03. The highest BCUT2D eigenvalue weighted by atomic mass is 28.4. The van der Waals surface area contributed by atoms with Gasteiger partial charge in [-0.05, 0) is 48.7 Å². The predicted octanol–water partition coefficient (Wildman–Crippen LogP) is 5.20. The normalized spacial score (nSPS) is 34.8. The minimum atomic E-state index is -1.84. The fraction of sp³-hybridized carbons (Fsp3) is 0.842. The molecule has 126 valence electrons. The van der Waals surface area contributed by atoms with Crippen molar-refractivity contribution >= 4 is 14.1 Å². The Morgan fingerprint density at radius 3 is 2.41 bits per heavy atom. The fourth-order valence-corrected chi connectivity index (χ4v) is 5.80. The molecule has 2 saturated carbocycles. The van der Waals surface area contributed by atoms with Crippen molar-refractivity contribution in [3.63, 3.8) is 0 Å². The average molecular weight is 323 g/mol. The molecule has 2 rings (SSSR count). The van der Waals surface area contributed by atoms with Gasteiger partial charge in [-0.2, -0.15) is 0 Å². The number of carbonyl (C=O) groups excluding carboxylic acids is 1. The van der Waals surface area contributed by atoms with Crippen LogP contribution < -0.4 is 0 Å². The van der Waals surface area contributed by atoms with Gasteiger partial charge in [-0.3, -0.25) is 4.79 Å². The molecule has 0 spiro atoms. The molecule has 22 heavy (non-hydrogen) atoms. The van der Waals surface area contributed by atoms with Crippen molar-refractivity contribution in [2.75, 3.05) is 0 Å². The van der Waals surface area contributed by atoms with Crippen LogP contribution >= 0.6 is 0 Å². The van der Waals surface area contributed by atoms with Crippen molar-refractivity contribution < 1.29 is 9.22 Å². The highest BCUT2D eigenvalue weighted by Crippen LogP contribution is 2.58. The van der Waals surface area contributed by atoms with Crippen molar-refractivity contribution in [2.45, 2.75) is 78.1 Å². The van der Waals surface area contributed by atoms with Crippen LogP contribution in [0.3, 0.4) is 0 Å². The molecule has 2 bridgehead atoms. The number of ketones is 1. The van der Waals surface area contributed by atoms with Crippen LogP contribution in [0.25, 0.3) is 0 Å². The van der Waals surface area contributed by atoms with E-state index in [1.54, 1.807) is 0 Å². The Labute approximate surface area is 137 Å². The van der Waals surface area contributed by atoms with Crippen LogP contribution in [0.15, 0.2) is 12.7 Å². The lowest BCUT2D eigenvalue weighted by Crippen LogP contribution is -2.50. The Hall–Kier alpha value is -0.413. The summed E-state index contributed by atoms with van der Waals surface area (Å²) < 4.78 is 6.70. The van der Waals surface area contributed by atoms with Gasteiger partial charge in [0.15, 0.2) is 8.32 Å². The van der Waals surface area contributed by atoms with Gasteiger partial charge in [-0.15, -0.1) is 6.58 Å². The molecule has 0 saturated heterocycles. The molecule has 0 aromatic rings. The Morgan fingerprint density at radius 2 is 1.91 bits per heavy atom. The summed E-state index contributed by atoms with van der Waals surface area (Å²) in [6.45, 7) is 19.8. The Bertz CT molecular complexity index is 459. The second-order valence-electron chi connectivity index (χ2n) is 9.43. The number of rotatable bonds is 4. The zero-order valence-corrected chi connectivity index (χ0v) is 16.5. The monoisotopic (exact) mass is 322 g/mol. The first-order valence-corrected chi connectivity index (χ1v) is 11.7. The van der Waals surface area contributed by atoms with Gasteiger partial charge in [0.1, 0.15) is 5.78 Å². The number of allylic oxidation sites excluding steroid dienone is 1. The molecule has 0 radical (unpaired) electrons. The molecule has 2 fully saturated rings. The predicted molar refractivity (Wildman–Crippen MR) is 95.4 cm³/mol. The minimum Gasteiger partial charge on any atom is -0.413 e. The van der Waals surface area contributed by atoms with Crippen LogP contribution in [0.4, 0.5) is 0 Å². The fourth-order valence-electron chi connectivity index (χ4n) is 4.43. The quantitative estimate of drug-likeness (QED) is 0.525. The van der Waals surface area contributed by atoms with Crippen LogP contribution in [0.2, 0.25) is 18.1 Å². The molecule has 0 heterocycles. The van der Waals surface area contributed by atoms with Crippen molar-refractivity contribution in [2.24, 2.45) is 23.2 Å². The maximum absolute atomic E-state index is 13.0. The third kappa shape index (κ3) is 2.75. The van der Waals surface area contributed by atoms with Gasteiger partial charge in [0, 0.05) is 11.8 Å². The molecular formula is C19H34O2Si. The number of hydrogen-bond acceptors (Lipinski definition) is 2. The largest absolute Gasteiger partial charge is 0.413 e. The summed E-state index contributed by atoms with van der Waals surface area (Å²) in [5.41, 5.74) is 0.0655. The molecule has 2 aliphatic rings. The highest BCUT2D eigenvalue weighted by Gasteiger charge is 2.60. The van der Waals surface area contributed by atoms with Crippen molar-refractivity contribution in [3.8, 4) is 0 Å². The molecule has 0 aliphatic heterocycles. The summed E-state index contributed by atoms with van der Waals surface area (Å²) in [7, 11) is -1.84. The van der Waals surface area contributed by atoms with E-state index in [0.717, 1.165) is 19.3 Å². The second kappa shape index (κ2) is 5.59. The Balaban J connectivity index is 2.27. The Kier molecular flexibility index (Phi) is 4.56. The van der Waals surface area contributed by atoms with Crippen LogP contribution in [0, 0.1) is 23.2 Å². The van der Waals surface area contributed by atoms with Gasteiger partial charge < -0.3 is 4.43 Å². The zero-order valence-electron chi connectivity index (χ0n) is 15.5. The lowest BCUT2D eigenvalue weighted by atomic mass is 9.65. The van der Waals surface area contributed by atoms with Gasteiger partial charge in [-0.25, -0.2) is 0 Å². The minimum absolute atomic E-state index is 0.0655. The summed E-state index contributed by atoms with van der Waals surface area (Å²) in [5.74, 6) is 1.19. The molecule has 3 heteroatoms. The molecule has 0 aromatic carbocycles. The molecular weight excluding hydrogens is 288 g/mol. The van der Waals surface area contributed by atoms with Crippen molar-refractivity contribution in [1.82, 2.24) is 0 Å². The topological polar surface area (TPSA) is 26.3 Å². The van der Waals surface area contributed by atoms with E-state index in [2.05, 4.69) is 54.3 Å². The first kappa shape index (κ1) is 17.9. The molecule has 0 N–H and O–H groups in total. The van der Waals surface area contributed by atoms with Crippen molar-refractivity contribution in [1.29, 1.82) is 0 Å². The number of hydrogen-bond donors (Lipinski definition) is 0. The molecule has 0 amide bonds. The third-order valence-corrected chi connectivity index (χ3v) is 11.2. The van der Waals surface area contributed by atoms with E-state index in [9.17, 15) is 4.79 Å². The van der Waals surface area contributed by atoms with Crippen molar-refractivity contribution in [3.05, 3.63) is 12.7 Å². The lowest BCUT2D eigenvalue weighted by Gasteiger charge is -2.47. The van der Waals surface area contributed by atoms with Crippen LogP contribution in [0.1, 0.15) is 53.9 Å². The zero-order chi connectivity index (χ0) is 16.9. The van der Waals surface area contributed by atoms with Crippen LogP contribution in [-0.4, -0.2) is 20.2 Å². The highest BCUT2D eigenvalue weighted by molar-refractivity contribution is 6.74. The SMILES string of the molecule is C=CCC1C(=O)C2[C@H](O[Si](C)(C)C(C)(C)C)CCC1C2(C)C. The standard InChI is InChI=1S/C19H34O2Si/c1-9-10-13-14-11-12-15(16(17(13)20)19(14,5)6)21-22(7,8)18(2,3)4/h9,13-16H,1,10-12H2,2-8H3/t13?,14?,15-,16?/m1/s1. The van der Waals surface area contributed by atoms with E-state index in [1.807, 2.05) is 6.08 Å². The van der Waals surface area contributed by atoms with Crippen LogP contribution in [-0.2, 0) is 9.22 Å². The maximum Gasteiger partial charge on any atom is 0.192 e. The summed E-state index contributed by atoms with van der Waals surface area (Å²) in [6, 6.07) is 0. The van der Waals surface area contributed by atoms with Gasteiger partial charge in [0.05, 0.1) is 6.10 Å². The second-order valence-corrected chi connectivity index (χ2v) is 14.2. The molecule has 4 atom stereocenters. The summed E-state index contributed by atoms with van der Waals surface area (Å²) in [5, 5.41) is 0.191. The van der Waals surface area contributed by atoms with E-state index in [0.29, 0.717) is 11.7 Å². The van der Waals surface area contributed by atoms with Gasteiger partial charge in [-0.1, -0.05) is 40.7 Å². The van der Waals surface area contributed by atoms with Crippen LogP contribution in [0.5, 0.6) is 0 Å². The molecule has 2 aliphatic carbocycles. The molecule has 2 nitrogen and oxygen atoms in total. The third-order valence-electron chi connectivity index (χ3n) is 6.72. The first-order valence-electron chi connectivity index (χ1n) is 8.76. The summed E-state index contributed by atoms with van der Waals surface area (Å²) >= 11 is 0. The number of carbonyl (C=O) groups is 1. The van der Waals surface area contributed by atoms with Gasteiger partial charge >= 0.3 is 0 Å². The number of fused-ring (bicyclic) bond motifs is 2. The first-order chi connectivity index (χ1) is 9.93. The van der Waals surface area contributed by atoms with E-state index in [4.69, 9.17) is 4.43 Å². The average Bonchev–Trinajstić information content (AvgIpc) is 2.44. The summed E-state index contributed by atoms with van der Waals surface area (Å²) in [4.78, 5) is 13.0. The number of Topliss-reactive ketones (excluding diaryl/α,β-unsaturated/α-hetero) is 1. The molecule has 3 unspecified atom stereocenters. The van der Waals surface area contributed by atoms with E-state index < -0.39 is 8.32 Å².